The van der Waals surface area contributed by atoms with Crippen molar-refractivity contribution in [1.82, 2.24) is 14.8 Å². The van der Waals surface area contributed by atoms with Gasteiger partial charge >= 0.3 is 0 Å². The van der Waals surface area contributed by atoms with E-state index in [9.17, 15) is 0 Å². The van der Waals surface area contributed by atoms with E-state index in [4.69, 9.17) is 17.3 Å². The number of anilines is 1. The maximum absolute atomic E-state index is 5.85. The van der Waals surface area contributed by atoms with Gasteiger partial charge < -0.3 is 5.73 Å². The van der Waals surface area contributed by atoms with Gasteiger partial charge in [-0.05, 0) is 30.3 Å². The van der Waals surface area contributed by atoms with Crippen LogP contribution in [-0.2, 0) is 0 Å². The Morgan fingerprint density at radius 3 is 2.65 bits per heavy atom. The first-order chi connectivity index (χ1) is 8.24. The minimum absolute atomic E-state index is 0.633. The molecular formula is C12H9ClN4. The van der Waals surface area contributed by atoms with Crippen LogP contribution in [0.5, 0.6) is 0 Å². The summed E-state index contributed by atoms with van der Waals surface area (Å²) >= 11 is 5.85. The van der Waals surface area contributed by atoms with Gasteiger partial charge in [0.1, 0.15) is 0 Å². The summed E-state index contributed by atoms with van der Waals surface area (Å²) in [5.74, 6) is 0. The fourth-order valence-electron chi connectivity index (χ4n) is 1.71. The summed E-state index contributed by atoms with van der Waals surface area (Å²) in [5.41, 5.74) is 8.00. The summed E-state index contributed by atoms with van der Waals surface area (Å²) in [6.45, 7) is 0. The Labute approximate surface area is 103 Å². The van der Waals surface area contributed by atoms with E-state index in [1.807, 2.05) is 30.3 Å². The highest BCUT2D eigenvalue weighted by Crippen LogP contribution is 2.19. The van der Waals surface area contributed by atoms with E-state index in [1.165, 1.54) is 0 Å². The molecule has 2 heterocycles. The summed E-state index contributed by atoms with van der Waals surface area (Å²) < 4.78 is 1.76. The molecule has 17 heavy (non-hydrogen) atoms. The van der Waals surface area contributed by atoms with Crippen LogP contribution in [0.3, 0.4) is 0 Å². The topological polar surface area (TPSA) is 56.7 Å². The molecule has 5 heteroatoms. The minimum atomic E-state index is 0.633. The average Bonchev–Trinajstić information content (AvgIpc) is 2.73. The minimum Gasteiger partial charge on any atom is -0.397 e. The molecule has 2 aromatic heterocycles. The number of benzene rings is 1. The smallest absolute Gasteiger partial charge is 0.163 e. The first-order valence-electron chi connectivity index (χ1n) is 5.09. The molecule has 3 aromatic rings. The lowest BCUT2D eigenvalue weighted by Gasteiger charge is -2.02. The number of aromatic nitrogens is 3. The Morgan fingerprint density at radius 2 is 1.88 bits per heavy atom. The molecule has 0 spiro atoms. The van der Waals surface area contributed by atoms with Gasteiger partial charge in [-0.1, -0.05) is 11.6 Å². The molecule has 0 fully saturated rings. The first kappa shape index (κ1) is 10.1. The number of nitrogen functional groups attached to an aromatic ring is 1. The van der Waals surface area contributed by atoms with Crippen molar-refractivity contribution in [3.63, 3.8) is 0 Å². The number of hydrogen-bond acceptors (Lipinski definition) is 3. The molecule has 1 aromatic carbocycles. The van der Waals surface area contributed by atoms with Gasteiger partial charge in [-0.2, -0.15) is 5.10 Å². The Balaban J connectivity index is 2.21. The maximum Gasteiger partial charge on any atom is 0.163 e. The summed E-state index contributed by atoms with van der Waals surface area (Å²) in [6.07, 6.45) is 3.36. The van der Waals surface area contributed by atoms with Crippen LogP contribution in [0.1, 0.15) is 0 Å². The molecule has 0 bridgehead atoms. The summed E-state index contributed by atoms with van der Waals surface area (Å²) in [6, 6.07) is 9.28. The van der Waals surface area contributed by atoms with Crippen LogP contribution in [0.2, 0.25) is 5.02 Å². The number of halogens is 1. The molecule has 0 radical (unpaired) electrons. The van der Waals surface area contributed by atoms with Gasteiger partial charge in [0.25, 0.3) is 0 Å². The first-order valence-corrected chi connectivity index (χ1v) is 5.47. The predicted molar refractivity (Wildman–Crippen MR) is 68.3 cm³/mol. The second kappa shape index (κ2) is 3.75. The molecule has 0 aliphatic heterocycles. The quantitative estimate of drug-likeness (QED) is 0.716. The van der Waals surface area contributed by atoms with Gasteiger partial charge in [0, 0.05) is 10.4 Å². The highest BCUT2D eigenvalue weighted by molar-refractivity contribution is 6.30. The van der Waals surface area contributed by atoms with E-state index in [1.54, 1.807) is 17.1 Å². The van der Waals surface area contributed by atoms with Gasteiger partial charge in [0.05, 0.1) is 23.8 Å². The molecule has 0 saturated carbocycles. The second-order valence-corrected chi connectivity index (χ2v) is 4.15. The maximum atomic E-state index is 5.85. The summed E-state index contributed by atoms with van der Waals surface area (Å²) in [4.78, 5) is 4.28. The highest BCUT2D eigenvalue weighted by Gasteiger charge is 2.06. The lowest BCUT2D eigenvalue weighted by molar-refractivity contribution is 0.897. The molecule has 4 nitrogen and oxygen atoms in total. The fraction of sp³-hybridized carbons (Fsp3) is 0. The molecular weight excluding hydrogens is 236 g/mol. The van der Waals surface area contributed by atoms with Crippen LogP contribution < -0.4 is 5.73 Å². The zero-order valence-electron chi connectivity index (χ0n) is 8.84. The number of fused-ring (bicyclic) bond motifs is 1. The summed E-state index contributed by atoms with van der Waals surface area (Å²) in [7, 11) is 0. The third-order valence-electron chi connectivity index (χ3n) is 2.50. The number of nitrogens with zero attached hydrogens (tertiary/aromatic N) is 3. The standard InChI is InChI=1S/C12H9ClN4/c13-9-1-3-11(4-2-9)17-12-8(6-16-17)5-10(14)7-15-12/h1-7H,14H2. The fourth-order valence-corrected chi connectivity index (χ4v) is 1.84. The third-order valence-corrected chi connectivity index (χ3v) is 2.75. The second-order valence-electron chi connectivity index (χ2n) is 3.71. The Kier molecular flexibility index (Phi) is 2.23. The van der Waals surface area contributed by atoms with Crippen molar-refractivity contribution < 1.29 is 0 Å². The molecule has 84 valence electrons. The molecule has 2 N–H and O–H groups in total. The van der Waals surface area contributed by atoms with E-state index in [0.717, 1.165) is 16.7 Å². The van der Waals surface area contributed by atoms with Crippen molar-refractivity contribution >= 4 is 28.3 Å². The monoisotopic (exact) mass is 244 g/mol. The molecule has 0 aliphatic carbocycles. The highest BCUT2D eigenvalue weighted by atomic mass is 35.5. The van der Waals surface area contributed by atoms with E-state index >= 15 is 0 Å². The van der Waals surface area contributed by atoms with Crippen molar-refractivity contribution in [3.05, 3.63) is 47.7 Å². The van der Waals surface area contributed by atoms with Crippen LogP contribution >= 0.6 is 11.6 Å². The van der Waals surface area contributed by atoms with Crippen molar-refractivity contribution in [2.75, 3.05) is 5.73 Å². The molecule has 0 aliphatic rings. The van der Waals surface area contributed by atoms with Crippen molar-refractivity contribution in [2.24, 2.45) is 0 Å². The molecule has 0 unspecified atom stereocenters. The van der Waals surface area contributed by atoms with Gasteiger partial charge in [-0.25, -0.2) is 9.67 Å². The largest absolute Gasteiger partial charge is 0.397 e. The van der Waals surface area contributed by atoms with Crippen LogP contribution in [0.25, 0.3) is 16.7 Å². The Morgan fingerprint density at radius 1 is 1.12 bits per heavy atom. The van der Waals surface area contributed by atoms with Gasteiger partial charge in [0.15, 0.2) is 5.65 Å². The predicted octanol–water partition coefficient (Wildman–Crippen LogP) is 2.66. The van der Waals surface area contributed by atoms with Crippen LogP contribution in [-0.4, -0.2) is 14.8 Å². The Hall–Kier alpha value is -2.07. The van der Waals surface area contributed by atoms with E-state index < -0.39 is 0 Å². The lowest BCUT2D eigenvalue weighted by Crippen LogP contribution is -1.97. The van der Waals surface area contributed by atoms with E-state index in [-0.39, 0.29) is 0 Å². The third kappa shape index (κ3) is 1.72. The number of pyridine rings is 1. The summed E-state index contributed by atoms with van der Waals surface area (Å²) in [5, 5.41) is 5.91. The van der Waals surface area contributed by atoms with Crippen LogP contribution in [0.4, 0.5) is 5.69 Å². The van der Waals surface area contributed by atoms with Gasteiger partial charge in [0.2, 0.25) is 0 Å². The van der Waals surface area contributed by atoms with Crippen LogP contribution in [0.15, 0.2) is 42.7 Å². The number of rotatable bonds is 1. The van der Waals surface area contributed by atoms with E-state index in [2.05, 4.69) is 10.1 Å². The zero-order chi connectivity index (χ0) is 11.8. The van der Waals surface area contributed by atoms with Crippen molar-refractivity contribution in [3.8, 4) is 5.69 Å². The van der Waals surface area contributed by atoms with Crippen LogP contribution in [0, 0.1) is 0 Å². The van der Waals surface area contributed by atoms with Gasteiger partial charge in [-0.15, -0.1) is 0 Å². The van der Waals surface area contributed by atoms with Gasteiger partial charge in [-0.3, -0.25) is 0 Å². The Bertz CT molecular complexity index is 673. The van der Waals surface area contributed by atoms with Crippen molar-refractivity contribution in [2.45, 2.75) is 0 Å². The number of hydrogen-bond donors (Lipinski definition) is 1. The molecule has 0 amide bonds. The normalized spacial score (nSPS) is 10.9. The van der Waals surface area contributed by atoms with Crippen molar-refractivity contribution in [1.29, 1.82) is 0 Å². The molecule has 0 atom stereocenters. The molecule has 0 saturated heterocycles. The average molecular weight is 245 g/mol. The zero-order valence-corrected chi connectivity index (χ0v) is 9.59. The molecule has 3 rings (SSSR count). The van der Waals surface area contributed by atoms with E-state index in [0.29, 0.717) is 10.7 Å². The SMILES string of the molecule is Nc1cnc2c(cnn2-c2ccc(Cl)cc2)c1. The lowest BCUT2D eigenvalue weighted by atomic mass is 10.3. The number of nitrogens with two attached hydrogens (primary N) is 1.